The van der Waals surface area contributed by atoms with Crippen LogP contribution >= 0.6 is 0 Å². The molecular weight excluding hydrogens is 372 g/mol. The maximum atomic E-state index is 12.0. The molecule has 0 aromatic heterocycles. The summed E-state index contributed by atoms with van der Waals surface area (Å²) in [5.41, 5.74) is 0.877. The zero-order valence-corrected chi connectivity index (χ0v) is 17.1. The minimum absolute atomic E-state index is 0.0439. The lowest BCUT2D eigenvalue weighted by Crippen LogP contribution is -2.27. The van der Waals surface area contributed by atoms with Gasteiger partial charge in [-0.15, -0.1) is 0 Å². The smallest absolute Gasteiger partial charge is 0.259 e. The van der Waals surface area contributed by atoms with Crippen molar-refractivity contribution >= 4 is 11.8 Å². The van der Waals surface area contributed by atoms with Gasteiger partial charge in [-0.05, 0) is 36.2 Å². The standard InChI is InChI=1S/C22H28N2O5/c1-24(2)22(26)16-29-19-12-11-17(14-20(19)27-3)15-23-21(25)10-7-13-28-18-8-5-4-6-9-18/h4-6,8-9,11-12,14H,7,10,13,15-16H2,1-3H3,(H,23,25). The molecule has 0 aliphatic rings. The third-order valence-corrected chi connectivity index (χ3v) is 4.13. The highest BCUT2D eigenvalue weighted by molar-refractivity contribution is 5.77. The van der Waals surface area contributed by atoms with Gasteiger partial charge in [-0.25, -0.2) is 0 Å². The minimum Gasteiger partial charge on any atom is -0.494 e. The first-order chi connectivity index (χ1) is 14.0. The molecule has 0 saturated carbocycles. The van der Waals surface area contributed by atoms with Crippen LogP contribution in [0.4, 0.5) is 0 Å². The van der Waals surface area contributed by atoms with Crippen LogP contribution in [-0.2, 0) is 16.1 Å². The van der Waals surface area contributed by atoms with Gasteiger partial charge in [0.05, 0.1) is 13.7 Å². The van der Waals surface area contributed by atoms with Crippen molar-refractivity contribution in [3.8, 4) is 17.2 Å². The number of nitrogens with one attached hydrogen (secondary N) is 1. The van der Waals surface area contributed by atoms with E-state index in [1.54, 1.807) is 26.2 Å². The molecule has 7 heteroatoms. The van der Waals surface area contributed by atoms with E-state index in [1.165, 1.54) is 12.0 Å². The van der Waals surface area contributed by atoms with Crippen LogP contribution in [0.5, 0.6) is 17.2 Å². The Kier molecular flexibility index (Phi) is 8.82. The maximum absolute atomic E-state index is 12.0. The fourth-order valence-corrected chi connectivity index (χ4v) is 2.44. The lowest BCUT2D eigenvalue weighted by molar-refractivity contribution is -0.130. The zero-order chi connectivity index (χ0) is 21.1. The highest BCUT2D eigenvalue weighted by Crippen LogP contribution is 2.28. The van der Waals surface area contributed by atoms with E-state index < -0.39 is 0 Å². The SMILES string of the molecule is COc1cc(CNC(=O)CCCOc2ccccc2)ccc1OCC(=O)N(C)C. The molecule has 2 amide bonds. The molecule has 1 N–H and O–H groups in total. The average Bonchev–Trinajstić information content (AvgIpc) is 2.74. The van der Waals surface area contributed by atoms with Gasteiger partial charge in [-0.2, -0.15) is 0 Å². The van der Waals surface area contributed by atoms with Gasteiger partial charge in [0.15, 0.2) is 18.1 Å². The van der Waals surface area contributed by atoms with Crippen molar-refractivity contribution in [3.05, 3.63) is 54.1 Å². The van der Waals surface area contributed by atoms with Crippen LogP contribution in [0.1, 0.15) is 18.4 Å². The fraction of sp³-hybridized carbons (Fsp3) is 0.364. The lowest BCUT2D eigenvalue weighted by atomic mass is 10.2. The number of ether oxygens (including phenoxy) is 3. The summed E-state index contributed by atoms with van der Waals surface area (Å²) >= 11 is 0. The Morgan fingerprint density at radius 1 is 1.00 bits per heavy atom. The molecule has 0 heterocycles. The molecule has 0 aliphatic carbocycles. The molecule has 2 aromatic rings. The molecule has 0 atom stereocenters. The quantitative estimate of drug-likeness (QED) is 0.587. The third kappa shape index (κ3) is 7.73. The average molecular weight is 400 g/mol. The van der Waals surface area contributed by atoms with Gasteiger partial charge in [0.25, 0.3) is 5.91 Å². The van der Waals surface area contributed by atoms with E-state index in [9.17, 15) is 9.59 Å². The molecule has 0 saturated heterocycles. The van der Waals surface area contributed by atoms with Crippen molar-refractivity contribution in [1.82, 2.24) is 10.2 Å². The molecule has 0 radical (unpaired) electrons. The Bertz CT molecular complexity index is 793. The molecule has 29 heavy (non-hydrogen) atoms. The van der Waals surface area contributed by atoms with E-state index in [2.05, 4.69) is 5.32 Å². The summed E-state index contributed by atoms with van der Waals surface area (Å²) in [5, 5.41) is 2.88. The lowest BCUT2D eigenvalue weighted by Gasteiger charge is -2.14. The highest BCUT2D eigenvalue weighted by atomic mass is 16.5. The number of hydrogen-bond donors (Lipinski definition) is 1. The molecular formula is C22H28N2O5. The van der Waals surface area contributed by atoms with Crippen molar-refractivity contribution in [2.75, 3.05) is 34.4 Å². The minimum atomic E-state index is -0.139. The second kappa shape index (κ2) is 11.6. The molecule has 0 fully saturated rings. The van der Waals surface area contributed by atoms with Crippen molar-refractivity contribution in [3.63, 3.8) is 0 Å². The monoisotopic (exact) mass is 400 g/mol. The third-order valence-electron chi connectivity index (χ3n) is 4.13. The number of carbonyl (C=O) groups excluding carboxylic acids is 2. The number of amides is 2. The summed E-state index contributed by atoms with van der Waals surface area (Å²) in [6.07, 6.45) is 1.02. The van der Waals surface area contributed by atoms with E-state index >= 15 is 0 Å². The molecule has 2 aromatic carbocycles. The summed E-state index contributed by atoms with van der Waals surface area (Å²) in [6.45, 7) is 0.805. The Morgan fingerprint density at radius 3 is 2.45 bits per heavy atom. The van der Waals surface area contributed by atoms with Crippen LogP contribution in [0.15, 0.2) is 48.5 Å². The summed E-state index contributed by atoms with van der Waals surface area (Å²) in [4.78, 5) is 25.1. The van der Waals surface area contributed by atoms with E-state index in [0.29, 0.717) is 37.5 Å². The normalized spacial score (nSPS) is 10.2. The Morgan fingerprint density at radius 2 is 1.76 bits per heavy atom. The van der Waals surface area contributed by atoms with Crippen molar-refractivity contribution in [2.45, 2.75) is 19.4 Å². The number of benzene rings is 2. The van der Waals surface area contributed by atoms with Gasteiger partial charge in [0, 0.05) is 27.1 Å². The van der Waals surface area contributed by atoms with E-state index in [1.807, 2.05) is 36.4 Å². The molecule has 7 nitrogen and oxygen atoms in total. The van der Waals surface area contributed by atoms with E-state index in [-0.39, 0.29) is 18.4 Å². The molecule has 156 valence electrons. The topological polar surface area (TPSA) is 77.1 Å². The van der Waals surface area contributed by atoms with Gasteiger partial charge in [0.2, 0.25) is 5.91 Å². The number of likely N-dealkylation sites (N-methyl/N-ethyl adjacent to an activating group) is 1. The second-order valence-corrected chi connectivity index (χ2v) is 6.60. The molecule has 0 bridgehead atoms. The van der Waals surface area contributed by atoms with Gasteiger partial charge in [-0.3, -0.25) is 9.59 Å². The van der Waals surface area contributed by atoms with Crippen LogP contribution in [-0.4, -0.2) is 51.1 Å². The van der Waals surface area contributed by atoms with E-state index in [0.717, 1.165) is 11.3 Å². The number of hydrogen-bond acceptors (Lipinski definition) is 5. The predicted molar refractivity (Wildman–Crippen MR) is 110 cm³/mol. The summed E-state index contributed by atoms with van der Waals surface area (Å²) in [5.74, 6) is 1.61. The first kappa shape index (κ1) is 22.1. The Labute approximate surface area is 171 Å². The summed E-state index contributed by atoms with van der Waals surface area (Å²) < 4.78 is 16.4. The zero-order valence-electron chi connectivity index (χ0n) is 17.1. The Hall–Kier alpha value is -3.22. The largest absolute Gasteiger partial charge is 0.494 e. The Balaban J connectivity index is 1.74. The number of methoxy groups -OCH3 is 1. The molecule has 2 rings (SSSR count). The first-order valence-electron chi connectivity index (χ1n) is 9.44. The number of carbonyl (C=O) groups is 2. The molecule has 0 aliphatic heterocycles. The number of para-hydroxylation sites is 1. The highest BCUT2D eigenvalue weighted by Gasteiger charge is 2.10. The number of rotatable bonds is 11. The van der Waals surface area contributed by atoms with Crippen molar-refractivity contribution in [2.24, 2.45) is 0 Å². The van der Waals surface area contributed by atoms with Crippen molar-refractivity contribution < 1.29 is 23.8 Å². The summed E-state index contributed by atoms with van der Waals surface area (Å²) in [6, 6.07) is 14.9. The van der Waals surface area contributed by atoms with Gasteiger partial charge < -0.3 is 24.4 Å². The van der Waals surface area contributed by atoms with Crippen LogP contribution in [0.25, 0.3) is 0 Å². The molecule has 0 spiro atoms. The van der Waals surface area contributed by atoms with Crippen LogP contribution in [0.2, 0.25) is 0 Å². The fourth-order valence-electron chi connectivity index (χ4n) is 2.44. The van der Waals surface area contributed by atoms with Crippen LogP contribution in [0.3, 0.4) is 0 Å². The van der Waals surface area contributed by atoms with Gasteiger partial charge in [-0.1, -0.05) is 24.3 Å². The van der Waals surface area contributed by atoms with E-state index in [4.69, 9.17) is 14.2 Å². The number of nitrogens with zero attached hydrogens (tertiary/aromatic N) is 1. The van der Waals surface area contributed by atoms with Crippen LogP contribution < -0.4 is 19.5 Å². The maximum Gasteiger partial charge on any atom is 0.259 e. The second-order valence-electron chi connectivity index (χ2n) is 6.60. The summed E-state index contributed by atoms with van der Waals surface area (Å²) in [7, 11) is 4.87. The predicted octanol–water partition coefficient (Wildman–Crippen LogP) is 2.64. The van der Waals surface area contributed by atoms with Gasteiger partial charge >= 0.3 is 0 Å². The first-order valence-corrected chi connectivity index (χ1v) is 9.44. The van der Waals surface area contributed by atoms with Gasteiger partial charge in [0.1, 0.15) is 5.75 Å². The van der Waals surface area contributed by atoms with Crippen LogP contribution in [0, 0.1) is 0 Å². The molecule has 0 unspecified atom stereocenters. The van der Waals surface area contributed by atoms with Crippen molar-refractivity contribution in [1.29, 1.82) is 0 Å².